The van der Waals surface area contributed by atoms with Gasteiger partial charge in [-0.05, 0) is 52.1 Å². The molecule has 0 radical (unpaired) electrons. The van der Waals surface area contributed by atoms with Gasteiger partial charge in [0.1, 0.15) is 11.6 Å². The summed E-state index contributed by atoms with van der Waals surface area (Å²) in [5, 5.41) is 21.5. The minimum atomic E-state index is -3.76. The molecular weight excluding hydrogens is 522 g/mol. The van der Waals surface area contributed by atoms with Crippen molar-refractivity contribution in [3.8, 4) is 0 Å². The van der Waals surface area contributed by atoms with E-state index in [2.05, 4.69) is 10.2 Å². The van der Waals surface area contributed by atoms with Crippen molar-refractivity contribution in [2.75, 3.05) is 25.9 Å². The number of likely N-dealkylation sites (tertiary alicyclic amines) is 1. The molecule has 1 fully saturated rings. The molecule has 1 atom stereocenters. The maximum Gasteiger partial charge on any atom is 0.176 e. The Labute approximate surface area is 219 Å². The fourth-order valence-corrected chi connectivity index (χ4v) is 5.88. The highest BCUT2D eigenvalue weighted by Gasteiger charge is 2.35. The van der Waals surface area contributed by atoms with E-state index >= 15 is 0 Å². The van der Waals surface area contributed by atoms with E-state index < -0.39 is 27.8 Å². The zero-order valence-electron chi connectivity index (χ0n) is 20.0. The first-order chi connectivity index (χ1) is 17.5. The van der Waals surface area contributed by atoms with Crippen LogP contribution in [0.15, 0.2) is 72.3 Å². The Kier molecular flexibility index (Phi) is 8.42. The Bertz CT molecular complexity index is 1370. The lowest BCUT2D eigenvalue weighted by atomic mass is 9.91. The summed E-state index contributed by atoms with van der Waals surface area (Å²) in [7, 11) is -3.76. The van der Waals surface area contributed by atoms with Crippen LogP contribution in [0.3, 0.4) is 0 Å². The molecule has 3 aromatic carbocycles. The number of aliphatic hydroxyl groups is 2. The lowest BCUT2D eigenvalue weighted by molar-refractivity contribution is -0.0373. The van der Waals surface area contributed by atoms with Gasteiger partial charge in [0.2, 0.25) is 0 Å². The molecule has 1 saturated heterocycles. The van der Waals surface area contributed by atoms with Gasteiger partial charge in [0.15, 0.2) is 16.1 Å². The zero-order chi connectivity index (χ0) is 26.7. The Morgan fingerprint density at radius 2 is 1.51 bits per heavy atom. The van der Waals surface area contributed by atoms with Crippen molar-refractivity contribution in [2.24, 2.45) is 0 Å². The first-order valence-electron chi connectivity index (χ1n) is 11.5. The Morgan fingerprint density at radius 3 is 2.03 bits per heavy atom. The highest BCUT2D eigenvalue weighted by Crippen LogP contribution is 2.38. The molecule has 196 valence electrons. The van der Waals surface area contributed by atoms with Gasteiger partial charge >= 0.3 is 0 Å². The molecule has 37 heavy (non-hydrogen) atoms. The van der Waals surface area contributed by atoms with Crippen LogP contribution in [0, 0.1) is 11.6 Å². The van der Waals surface area contributed by atoms with Crippen molar-refractivity contribution in [1.29, 1.82) is 0 Å². The summed E-state index contributed by atoms with van der Waals surface area (Å²) < 4.78 is 53.0. The summed E-state index contributed by atoms with van der Waals surface area (Å²) >= 11 is 6.10. The van der Waals surface area contributed by atoms with Crippen molar-refractivity contribution >= 4 is 26.3 Å². The zero-order valence-corrected chi connectivity index (χ0v) is 21.6. The average Bonchev–Trinajstić information content (AvgIpc) is 2.78. The summed E-state index contributed by atoms with van der Waals surface area (Å²) in [6.45, 7) is 1.11. The van der Waals surface area contributed by atoms with Gasteiger partial charge in [0, 0.05) is 43.5 Å². The first-order valence-corrected chi connectivity index (χ1v) is 13.8. The number of halogens is 3. The van der Waals surface area contributed by atoms with Gasteiger partial charge in [0.25, 0.3) is 0 Å². The molecule has 0 bridgehead atoms. The number of hydrogen-bond donors (Lipinski definition) is 3. The molecule has 1 aliphatic heterocycles. The van der Waals surface area contributed by atoms with E-state index in [4.69, 9.17) is 21.8 Å². The van der Waals surface area contributed by atoms with Gasteiger partial charge in [-0.25, -0.2) is 17.2 Å². The SMILES string of the molecule is CS(=O)(=O)C(=C1CN([C@@H](c2ccc(Cl)cc2)c2ccc(CNCC(O)O)cc2)C1)c1cc(F)cc(F)c1. The number of nitrogens with one attached hydrogen (secondary N) is 1. The Balaban J connectivity index is 1.64. The van der Waals surface area contributed by atoms with Gasteiger partial charge in [-0.15, -0.1) is 0 Å². The molecule has 0 aromatic heterocycles. The fourth-order valence-electron chi connectivity index (χ4n) is 4.56. The van der Waals surface area contributed by atoms with Crippen molar-refractivity contribution in [3.05, 3.63) is 111 Å². The quantitative estimate of drug-likeness (QED) is 0.352. The topological polar surface area (TPSA) is 89.9 Å². The van der Waals surface area contributed by atoms with Crippen LogP contribution in [0.2, 0.25) is 5.02 Å². The number of aliphatic hydroxyl groups excluding tert-OH is 1. The van der Waals surface area contributed by atoms with E-state index in [9.17, 15) is 17.2 Å². The molecule has 4 rings (SSSR count). The van der Waals surface area contributed by atoms with Crippen molar-refractivity contribution < 1.29 is 27.4 Å². The predicted molar refractivity (Wildman–Crippen MR) is 139 cm³/mol. The summed E-state index contributed by atoms with van der Waals surface area (Å²) in [6, 6.07) is 17.8. The third-order valence-electron chi connectivity index (χ3n) is 6.11. The predicted octanol–water partition coefficient (Wildman–Crippen LogP) is 3.88. The molecule has 6 nitrogen and oxygen atoms in total. The normalized spacial score (nSPS) is 15.1. The fraction of sp³-hybridized carbons (Fsp3) is 0.259. The number of sulfone groups is 1. The van der Waals surface area contributed by atoms with Crippen molar-refractivity contribution in [2.45, 2.75) is 18.9 Å². The number of benzene rings is 3. The molecular formula is C27H27ClF2N2O4S. The van der Waals surface area contributed by atoms with Crippen LogP contribution >= 0.6 is 11.6 Å². The molecule has 3 N–H and O–H groups in total. The smallest absolute Gasteiger partial charge is 0.176 e. The van der Waals surface area contributed by atoms with E-state index in [-0.39, 0.29) is 23.1 Å². The van der Waals surface area contributed by atoms with Crippen LogP contribution < -0.4 is 5.32 Å². The van der Waals surface area contributed by atoms with Gasteiger partial charge < -0.3 is 15.5 Å². The number of rotatable bonds is 9. The maximum absolute atomic E-state index is 13.9. The molecule has 0 unspecified atom stereocenters. The Hall–Kier alpha value is -2.66. The van der Waals surface area contributed by atoms with Crippen LogP contribution in [-0.2, 0) is 16.4 Å². The van der Waals surface area contributed by atoms with Gasteiger partial charge in [-0.3, -0.25) is 4.90 Å². The van der Waals surface area contributed by atoms with E-state index in [1.54, 1.807) is 12.1 Å². The lowest BCUT2D eigenvalue weighted by Crippen LogP contribution is -2.44. The molecule has 0 saturated carbocycles. The summed E-state index contributed by atoms with van der Waals surface area (Å²) in [5.41, 5.74) is 3.45. The Morgan fingerprint density at radius 1 is 0.973 bits per heavy atom. The van der Waals surface area contributed by atoms with Crippen LogP contribution in [-0.4, -0.2) is 55.7 Å². The van der Waals surface area contributed by atoms with Gasteiger partial charge in [-0.1, -0.05) is 48.0 Å². The van der Waals surface area contributed by atoms with Crippen LogP contribution in [0.5, 0.6) is 0 Å². The second kappa shape index (κ2) is 11.4. The second-order valence-electron chi connectivity index (χ2n) is 9.08. The summed E-state index contributed by atoms with van der Waals surface area (Å²) in [4.78, 5) is 2.03. The lowest BCUT2D eigenvalue weighted by Gasteiger charge is -2.42. The van der Waals surface area contributed by atoms with Crippen molar-refractivity contribution in [3.63, 3.8) is 0 Å². The third-order valence-corrected chi connectivity index (χ3v) is 7.62. The van der Waals surface area contributed by atoms with E-state index in [1.165, 1.54) is 0 Å². The standard InChI is InChI=1S/C27H27ClF2N2O4S/c1-37(35,36)27(20-10-23(29)12-24(30)11-20)21-15-32(16-21)26(19-6-8-22(28)9-7-19)18-4-2-17(3-5-18)13-31-14-25(33)34/h2-12,25-26,31,33-34H,13-16H2,1H3/t26-/m1/s1. The summed E-state index contributed by atoms with van der Waals surface area (Å²) in [6.07, 6.45) is -0.386. The summed E-state index contributed by atoms with van der Waals surface area (Å²) in [5.74, 6) is -1.68. The first kappa shape index (κ1) is 27.4. The third kappa shape index (κ3) is 6.81. The van der Waals surface area contributed by atoms with Crippen LogP contribution in [0.25, 0.3) is 4.91 Å². The number of hydrogen-bond acceptors (Lipinski definition) is 6. The molecule has 0 amide bonds. The van der Waals surface area contributed by atoms with Gasteiger partial charge in [0.05, 0.1) is 10.9 Å². The molecule has 0 spiro atoms. The molecule has 1 aliphatic rings. The maximum atomic E-state index is 13.9. The average molecular weight is 549 g/mol. The van der Waals surface area contributed by atoms with Crippen LogP contribution in [0.1, 0.15) is 28.3 Å². The minimum absolute atomic E-state index is 0.00236. The van der Waals surface area contributed by atoms with Gasteiger partial charge in [-0.2, -0.15) is 0 Å². The molecule has 0 aliphatic carbocycles. The highest BCUT2D eigenvalue weighted by atomic mass is 35.5. The molecule has 3 aromatic rings. The van der Waals surface area contributed by atoms with Crippen LogP contribution in [0.4, 0.5) is 8.78 Å². The largest absolute Gasteiger partial charge is 0.367 e. The minimum Gasteiger partial charge on any atom is -0.367 e. The molecule has 1 heterocycles. The van der Waals surface area contributed by atoms with Crippen molar-refractivity contribution in [1.82, 2.24) is 10.2 Å². The number of nitrogens with zero attached hydrogens (tertiary/aromatic N) is 1. The molecule has 10 heteroatoms. The highest BCUT2D eigenvalue weighted by molar-refractivity contribution is 8.00. The van der Waals surface area contributed by atoms with E-state index in [0.717, 1.165) is 35.1 Å². The second-order valence-corrected chi connectivity index (χ2v) is 11.5. The van der Waals surface area contributed by atoms with E-state index in [1.807, 2.05) is 36.4 Å². The monoisotopic (exact) mass is 548 g/mol. The van der Waals surface area contributed by atoms with E-state index in [0.29, 0.717) is 36.3 Å².